The Hall–Kier alpha value is -1.39. The first kappa shape index (κ1) is 15.0. The van der Waals surface area contributed by atoms with Crippen LogP contribution >= 0.6 is 15.9 Å². The monoisotopic (exact) mass is 334 g/mol. The van der Waals surface area contributed by atoms with E-state index >= 15 is 0 Å². The Morgan fingerprint density at radius 1 is 1.25 bits per heavy atom. The number of hydrogen-bond acceptors (Lipinski definition) is 3. The van der Waals surface area contributed by atoms with Crippen molar-refractivity contribution in [3.05, 3.63) is 57.8 Å². The van der Waals surface area contributed by atoms with Gasteiger partial charge in [-0.1, -0.05) is 6.07 Å². The lowest BCUT2D eigenvalue weighted by Gasteiger charge is -2.11. The van der Waals surface area contributed by atoms with Crippen LogP contribution in [-0.2, 0) is 13.0 Å². The summed E-state index contributed by atoms with van der Waals surface area (Å²) in [5.41, 5.74) is 9.22. The van der Waals surface area contributed by atoms with Gasteiger partial charge in [-0.2, -0.15) is 0 Å². The molecule has 1 aromatic carbocycles. The van der Waals surface area contributed by atoms with Gasteiger partial charge in [0, 0.05) is 24.0 Å². The Balaban J connectivity index is 2.03. The van der Waals surface area contributed by atoms with Crippen LogP contribution in [0.2, 0.25) is 0 Å². The number of rotatable bonds is 5. The summed E-state index contributed by atoms with van der Waals surface area (Å²) in [4.78, 5) is 4.16. The van der Waals surface area contributed by atoms with Crippen LogP contribution in [-0.4, -0.2) is 11.0 Å². The third-order valence-corrected chi connectivity index (χ3v) is 3.50. The lowest BCUT2D eigenvalue weighted by molar-refractivity contribution is 0.303. The summed E-state index contributed by atoms with van der Waals surface area (Å²) in [5.74, 6) is 0.833. The van der Waals surface area contributed by atoms with E-state index in [1.807, 2.05) is 32.3 Å². The van der Waals surface area contributed by atoms with Gasteiger partial charge in [0.2, 0.25) is 0 Å². The second-order valence-electron chi connectivity index (χ2n) is 5.11. The quantitative estimate of drug-likeness (QED) is 0.908. The van der Waals surface area contributed by atoms with Gasteiger partial charge in [0.25, 0.3) is 0 Å². The van der Waals surface area contributed by atoms with Gasteiger partial charge in [0.05, 0.1) is 4.47 Å². The molecule has 2 aromatic rings. The molecular weight excluding hydrogens is 316 g/mol. The molecule has 0 aliphatic carbocycles. The first-order chi connectivity index (χ1) is 9.54. The fourth-order valence-electron chi connectivity index (χ4n) is 2.02. The molecule has 1 aromatic heterocycles. The lowest BCUT2D eigenvalue weighted by Crippen LogP contribution is -2.17. The van der Waals surface area contributed by atoms with Gasteiger partial charge >= 0.3 is 0 Å². The first-order valence-electron chi connectivity index (χ1n) is 6.62. The van der Waals surface area contributed by atoms with Crippen molar-refractivity contribution in [2.75, 3.05) is 0 Å². The number of aryl methyl sites for hydroxylation is 1. The van der Waals surface area contributed by atoms with Crippen molar-refractivity contribution in [3.63, 3.8) is 0 Å². The van der Waals surface area contributed by atoms with Crippen LogP contribution in [0.15, 0.2) is 41.1 Å². The predicted octanol–water partition coefficient (Wildman–Crippen LogP) is 3.62. The zero-order valence-electron chi connectivity index (χ0n) is 11.8. The molecule has 0 aliphatic rings. The lowest BCUT2D eigenvalue weighted by atomic mass is 10.1. The van der Waals surface area contributed by atoms with Gasteiger partial charge in [-0.05, 0) is 65.5 Å². The first-order valence-corrected chi connectivity index (χ1v) is 7.41. The molecule has 0 bridgehead atoms. The minimum Gasteiger partial charge on any atom is -0.488 e. The molecule has 0 spiro atoms. The highest BCUT2D eigenvalue weighted by Crippen LogP contribution is 2.27. The van der Waals surface area contributed by atoms with E-state index in [9.17, 15) is 0 Å². The molecular formula is C16H19BrN2O. The molecule has 1 atom stereocenters. The third kappa shape index (κ3) is 4.32. The highest BCUT2D eigenvalue weighted by atomic mass is 79.9. The molecule has 3 nitrogen and oxygen atoms in total. The minimum absolute atomic E-state index is 0.159. The van der Waals surface area contributed by atoms with E-state index in [1.165, 1.54) is 5.56 Å². The second-order valence-corrected chi connectivity index (χ2v) is 5.96. The molecule has 0 saturated carbocycles. The van der Waals surface area contributed by atoms with E-state index in [1.54, 1.807) is 0 Å². The molecule has 20 heavy (non-hydrogen) atoms. The van der Waals surface area contributed by atoms with Crippen molar-refractivity contribution in [1.82, 2.24) is 4.98 Å². The van der Waals surface area contributed by atoms with E-state index in [2.05, 4.69) is 39.1 Å². The normalized spacial score (nSPS) is 12.2. The minimum atomic E-state index is 0.159. The largest absolute Gasteiger partial charge is 0.488 e. The summed E-state index contributed by atoms with van der Waals surface area (Å²) in [6.07, 6.45) is 4.52. The van der Waals surface area contributed by atoms with Crippen LogP contribution < -0.4 is 10.5 Å². The number of halogens is 1. The molecule has 0 aliphatic heterocycles. The number of ether oxygens (including phenoxy) is 1. The molecule has 0 fully saturated rings. The Morgan fingerprint density at radius 2 is 2.05 bits per heavy atom. The van der Waals surface area contributed by atoms with Gasteiger partial charge < -0.3 is 10.5 Å². The van der Waals surface area contributed by atoms with Gasteiger partial charge in [-0.25, -0.2) is 0 Å². The molecule has 0 saturated heterocycles. The maximum Gasteiger partial charge on any atom is 0.134 e. The van der Waals surface area contributed by atoms with Crippen LogP contribution in [0.5, 0.6) is 5.75 Å². The van der Waals surface area contributed by atoms with Crippen LogP contribution in [0.25, 0.3) is 0 Å². The highest BCUT2D eigenvalue weighted by Gasteiger charge is 2.05. The number of aromatic nitrogens is 1. The topological polar surface area (TPSA) is 48.1 Å². The molecule has 4 heteroatoms. The SMILES string of the molecule is Cc1cncc(COc2ccc(CC(C)N)cc2Br)c1. The van der Waals surface area contributed by atoms with Gasteiger partial charge in [-0.3, -0.25) is 4.98 Å². The Labute approximate surface area is 128 Å². The summed E-state index contributed by atoms with van der Waals surface area (Å²) >= 11 is 3.54. The maximum atomic E-state index is 5.82. The van der Waals surface area contributed by atoms with Crippen molar-refractivity contribution >= 4 is 15.9 Å². The summed E-state index contributed by atoms with van der Waals surface area (Å²) in [6.45, 7) is 4.54. The average molecular weight is 335 g/mol. The Morgan fingerprint density at radius 3 is 2.70 bits per heavy atom. The number of hydrogen-bond donors (Lipinski definition) is 1. The van der Waals surface area contributed by atoms with E-state index < -0.39 is 0 Å². The zero-order chi connectivity index (χ0) is 14.5. The van der Waals surface area contributed by atoms with E-state index in [0.717, 1.165) is 27.8 Å². The zero-order valence-corrected chi connectivity index (χ0v) is 13.4. The standard InChI is InChI=1S/C16H19BrN2O/c1-11-5-14(9-19-8-11)10-20-16-4-3-13(6-12(2)18)7-15(16)17/h3-5,7-9,12H,6,10,18H2,1-2H3. The van der Waals surface area contributed by atoms with Gasteiger partial charge in [0.1, 0.15) is 12.4 Å². The van der Waals surface area contributed by atoms with Crippen molar-refractivity contribution in [2.45, 2.75) is 32.9 Å². The van der Waals surface area contributed by atoms with Gasteiger partial charge in [-0.15, -0.1) is 0 Å². The van der Waals surface area contributed by atoms with Crippen molar-refractivity contribution in [2.24, 2.45) is 5.73 Å². The summed E-state index contributed by atoms with van der Waals surface area (Å²) < 4.78 is 6.77. The Kier molecular flexibility index (Phi) is 5.15. The van der Waals surface area contributed by atoms with Crippen molar-refractivity contribution < 1.29 is 4.74 Å². The third-order valence-electron chi connectivity index (χ3n) is 2.88. The molecule has 0 amide bonds. The highest BCUT2D eigenvalue weighted by molar-refractivity contribution is 9.10. The fraction of sp³-hybridized carbons (Fsp3) is 0.312. The molecule has 1 heterocycles. The summed E-state index contributed by atoms with van der Waals surface area (Å²) in [7, 11) is 0. The number of benzene rings is 1. The fourth-order valence-corrected chi connectivity index (χ4v) is 2.56. The number of pyridine rings is 1. The summed E-state index contributed by atoms with van der Waals surface area (Å²) in [6, 6.07) is 8.33. The van der Waals surface area contributed by atoms with E-state index in [0.29, 0.717) is 6.61 Å². The van der Waals surface area contributed by atoms with Crippen LogP contribution in [0.1, 0.15) is 23.6 Å². The molecule has 1 unspecified atom stereocenters. The Bertz CT molecular complexity index is 584. The molecule has 0 radical (unpaired) electrons. The maximum absolute atomic E-state index is 5.82. The van der Waals surface area contributed by atoms with E-state index in [4.69, 9.17) is 10.5 Å². The van der Waals surface area contributed by atoms with Gasteiger partial charge in [0.15, 0.2) is 0 Å². The van der Waals surface area contributed by atoms with Crippen molar-refractivity contribution in [3.8, 4) is 5.75 Å². The van der Waals surface area contributed by atoms with Crippen LogP contribution in [0.3, 0.4) is 0 Å². The summed E-state index contributed by atoms with van der Waals surface area (Å²) in [5, 5.41) is 0. The molecule has 2 rings (SSSR count). The smallest absolute Gasteiger partial charge is 0.134 e. The molecule has 106 valence electrons. The second kappa shape index (κ2) is 6.86. The average Bonchev–Trinajstić information content (AvgIpc) is 2.37. The molecule has 2 N–H and O–H groups in total. The number of nitrogens with two attached hydrogens (primary N) is 1. The van der Waals surface area contributed by atoms with E-state index in [-0.39, 0.29) is 6.04 Å². The van der Waals surface area contributed by atoms with Crippen molar-refractivity contribution in [1.29, 1.82) is 0 Å². The number of nitrogens with zero attached hydrogens (tertiary/aromatic N) is 1. The van der Waals surface area contributed by atoms with Crippen LogP contribution in [0.4, 0.5) is 0 Å². The predicted molar refractivity (Wildman–Crippen MR) is 84.8 cm³/mol. The van der Waals surface area contributed by atoms with Crippen LogP contribution in [0, 0.1) is 6.92 Å².